The summed E-state index contributed by atoms with van der Waals surface area (Å²) in [6, 6.07) is 13.0. The van der Waals surface area contributed by atoms with Crippen LogP contribution in [0.2, 0.25) is 5.02 Å². The van der Waals surface area contributed by atoms with E-state index in [0.29, 0.717) is 39.8 Å². The van der Waals surface area contributed by atoms with E-state index in [1.54, 1.807) is 31.3 Å². The maximum absolute atomic E-state index is 6.18. The Morgan fingerprint density at radius 3 is 2.70 bits per heavy atom. The van der Waals surface area contributed by atoms with Crippen LogP contribution in [0, 0.1) is 0 Å². The van der Waals surface area contributed by atoms with Gasteiger partial charge in [-0.3, -0.25) is 5.32 Å². The molecule has 2 N–H and O–H groups in total. The van der Waals surface area contributed by atoms with Crippen molar-refractivity contribution in [3.8, 4) is 11.5 Å². The molecule has 0 saturated heterocycles. The smallest absolute Gasteiger partial charge is 0.248 e. The average molecular weight is 404 g/mol. The summed E-state index contributed by atoms with van der Waals surface area (Å²) in [4.78, 5) is 4.21. The van der Waals surface area contributed by atoms with Gasteiger partial charge in [-0.05, 0) is 36.0 Å². The van der Waals surface area contributed by atoms with E-state index in [4.69, 9.17) is 33.3 Å². The lowest BCUT2D eigenvalue weighted by Gasteiger charge is -2.13. The molecular weight excluding hydrogens is 386 g/mol. The summed E-state index contributed by atoms with van der Waals surface area (Å²) in [7, 11) is 3.17. The van der Waals surface area contributed by atoms with Crippen molar-refractivity contribution in [3.63, 3.8) is 0 Å². The first-order chi connectivity index (χ1) is 13.1. The summed E-state index contributed by atoms with van der Waals surface area (Å²) in [6.45, 7) is 0.515. The van der Waals surface area contributed by atoms with E-state index in [9.17, 15) is 0 Å². The molecule has 2 aromatic carbocycles. The molecule has 7 nitrogen and oxygen atoms in total. The number of thiocarbonyl (C=S) groups is 1. The summed E-state index contributed by atoms with van der Waals surface area (Å²) in [5.41, 5.74) is 1.66. The quantitative estimate of drug-likeness (QED) is 0.606. The van der Waals surface area contributed by atoms with Gasteiger partial charge in [-0.15, -0.1) is 5.10 Å². The van der Waals surface area contributed by atoms with Crippen molar-refractivity contribution in [1.82, 2.24) is 14.8 Å². The topological polar surface area (TPSA) is 73.2 Å². The second-order valence-corrected chi connectivity index (χ2v) is 6.32. The molecule has 27 heavy (non-hydrogen) atoms. The lowest BCUT2D eigenvalue weighted by Crippen LogP contribution is -2.20. The second-order valence-electron chi connectivity index (χ2n) is 5.50. The number of rotatable bonds is 6. The molecule has 0 aliphatic heterocycles. The van der Waals surface area contributed by atoms with E-state index in [2.05, 4.69) is 20.7 Å². The minimum Gasteiger partial charge on any atom is -0.497 e. The molecule has 1 heterocycles. The van der Waals surface area contributed by atoms with Crippen LogP contribution >= 0.6 is 23.8 Å². The molecule has 0 saturated carbocycles. The number of anilines is 2. The molecule has 0 spiro atoms. The second kappa shape index (κ2) is 8.70. The minimum absolute atomic E-state index is 0.342. The Balaban J connectivity index is 1.64. The molecule has 0 amide bonds. The molecule has 3 rings (SSSR count). The summed E-state index contributed by atoms with van der Waals surface area (Å²) in [5, 5.41) is 11.4. The first kappa shape index (κ1) is 18.9. The molecule has 0 radical (unpaired) electrons. The molecule has 0 fully saturated rings. The van der Waals surface area contributed by atoms with E-state index in [1.165, 1.54) is 0 Å². The SMILES string of the molecule is COc1ccc(NC(=S)Nc2ncn(Cc3ccccc3Cl)n2)c(OC)c1. The normalized spacial score (nSPS) is 10.3. The Labute approximate surface area is 167 Å². The lowest BCUT2D eigenvalue weighted by molar-refractivity contribution is 0.395. The van der Waals surface area contributed by atoms with Crippen LogP contribution < -0.4 is 20.1 Å². The highest BCUT2D eigenvalue weighted by atomic mass is 35.5. The van der Waals surface area contributed by atoms with Gasteiger partial charge in [-0.1, -0.05) is 29.8 Å². The van der Waals surface area contributed by atoms with Crippen LogP contribution in [0.1, 0.15) is 5.56 Å². The molecule has 0 aliphatic rings. The van der Waals surface area contributed by atoms with Crippen LogP contribution in [0.15, 0.2) is 48.8 Å². The van der Waals surface area contributed by atoms with Gasteiger partial charge in [-0.2, -0.15) is 0 Å². The molecule has 0 unspecified atom stereocenters. The number of methoxy groups -OCH3 is 2. The van der Waals surface area contributed by atoms with Crippen LogP contribution in [-0.4, -0.2) is 34.1 Å². The highest BCUT2D eigenvalue weighted by Crippen LogP contribution is 2.29. The average Bonchev–Trinajstić information content (AvgIpc) is 3.10. The lowest BCUT2D eigenvalue weighted by atomic mass is 10.2. The van der Waals surface area contributed by atoms with Crippen molar-refractivity contribution in [2.45, 2.75) is 6.54 Å². The fourth-order valence-electron chi connectivity index (χ4n) is 2.39. The zero-order valence-electron chi connectivity index (χ0n) is 14.8. The molecule has 140 valence electrons. The van der Waals surface area contributed by atoms with E-state index >= 15 is 0 Å². The summed E-state index contributed by atoms with van der Waals surface area (Å²) >= 11 is 11.5. The minimum atomic E-state index is 0.342. The first-order valence-electron chi connectivity index (χ1n) is 8.02. The molecule has 9 heteroatoms. The molecule has 0 atom stereocenters. The van der Waals surface area contributed by atoms with Gasteiger partial charge in [0.15, 0.2) is 5.11 Å². The van der Waals surface area contributed by atoms with Crippen LogP contribution in [-0.2, 0) is 6.54 Å². The molecular formula is C18H18ClN5O2S. The third-order valence-corrected chi connectivity index (χ3v) is 4.28. The van der Waals surface area contributed by atoms with Gasteiger partial charge in [0, 0.05) is 11.1 Å². The zero-order valence-corrected chi connectivity index (χ0v) is 16.3. The molecule has 1 aromatic heterocycles. The van der Waals surface area contributed by atoms with Gasteiger partial charge >= 0.3 is 0 Å². The third-order valence-electron chi connectivity index (χ3n) is 3.71. The van der Waals surface area contributed by atoms with Crippen molar-refractivity contribution in [2.24, 2.45) is 0 Å². The van der Waals surface area contributed by atoms with E-state index < -0.39 is 0 Å². The highest BCUT2D eigenvalue weighted by molar-refractivity contribution is 7.80. The number of hydrogen-bond donors (Lipinski definition) is 2. The Morgan fingerprint density at radius 1 is 1.15 bits per heavy atom. The van der Waals surface area contributed by atoms with Crippen LogP contribution in [0.5, 0.6) is 11.5 Å². The van der Waals surface area contributed by atoms with Gasteiger partial charge in [-0.25, -0.2) is 9.67 Å². The number of halogens is 1. The van der Waals surface area contributed by atoms with Gasteiger partial charge in [0.1, 0.15) is 17.8 Å². The molecule has 3 aromatic rings. The number of nitrogens with one attached hydrogen (secondary N) is 2. The van der Waals surface area contributed by atoms with Gasteiger partial charge < -0.3 is 14.8 Å². The summed E-state index contributed by atoms with van der Waals surface area (Å²) < 4.78 is 12.2. The Bertz CT molecular complexity index is 947. The maximum atomic E-state index is 6.18. The standard InChI is InChI=1S/C18H18ClN5O2S/c1-25-13-7-8-15(16(9-13)26-2)21-18(27)22-17-20-11-24(23-17)10-12-5-3-4-6-14(12)19/h3-9,11H,10H2,1-2H3,(H2,21,22,23,27). The molecule has 0 aliphatic carbocycles. The third kappa shape index (κ3) is 4.87. The first-order valence-corrected chi connectivity index (χ1v) is 8.80. The Morgan fingerprint density at radius 2 is 1.96 bits per heavy atom. The van der Waals surface area contributed by atoms with E-state index in [0.717, 1.165) is 5.56 Å². The number of ether oxygens (including phenoxy) is 2. The number of hydrogen-bond acceptors (Lipinski definition) is 5. The van der Waals surface area contributed by atoms with Crippen molar-refractivity contribution in [1.29, 1.82) is 0 Å². The fourth-order valence-corrected chi connectivity index (χ4v) is 2.78. The number of benzene rings is 2. The van der Waals surface area contributed by atoms with Crippen molar-refractivity contribution >= 4 is 40.6 Å². The molecule has 0 bridgehead atoms. The predicted octanol–water partition coefficient (Wildman–Crippen LogP) is 3.81. The fraction of sp³-hybridized carbons (Fsp3) is 0.167. The summed E-state index contributed by atoms with van der Waals surface area (Å²) in [6.07, 6.45) is 1.61. The van der Waals surface area contributed by atoms with Crippen LogP contribution in [0.25, 0.3) is 0 Å². The van der Waals surface area contributed by atoms with Crippen molar-refractivity contribution < 1.29 is 9.47 Å². The van der Waals surface area contributed by atoms with Gasteiger partial charge in [0.05, 0.1) is 26.5 Å². The highest BCUT2D eigenvalue weighted by Gasteiger charge is 2.09. The van der Waals surface area contributed by atoms with Crippen molar-refractivity contribution in [3.05, 3.63) is 59.4 Å². The van der Waals surface area contributed by atoms with Crippen LogP contribution in [0.3, 0.4) is 0 Å². The predicted molar refractivity (Wildman–Crippen MR) is 110 cm³/mol. The van der Waals surface area contributed by atoms with Gasteiger partial charge in [0.2, 0.25) is 5.95 Å². The van der Waals surface area contributed by atoms with Gasteiger partial charge in [0.25, 0.3) is 0 Å². The largest absolute Gasteiger partial charge is 0.497 e. The monoisotopic (exact) mass is 403 g/mol. The summed E-state index contributed by atoms with van der Waals surface area (Å²) in [5.74, 6) is 1.68. The maximum Gasteiger partial charge on any atom is 0.248 e. The number of nitrogens with zero attached hydrogens (tertiary/aromatic N) is 3. The van der Waals surface area contributed by atoms with Crippen LogP contribution in [0.4, 0.5) is 11.6 Å². The Kier molecular flexibility index (Phi) is 6.10. The van der Waals surface area contributed by atoms with E-state index in [-0.39, 0.29) is 0 Å². The number of aromatic nitrogens is 3. The zero-order chi connectivity index (χ0) is 19.2. The van der Waals surface area contributed by atoms with E-state index in [1.807, 2.05) is 36.4 Å². The van der Waals surface area contributed by atoms with Crippen molar-refractivity contribution in [2.75, 3.05) is 24.9 Å². The Hall–Kier alpha value is -2.84.